The van der Waals surface area contributed by atoms with E-state index in [1.807, 2.05) is 0 Å². The van der Waals surface area contributed by atoms with Crippen molar-refractivity contribution in [1.29, 1.82) is 0 Å². The molecule has 1 rings (SSSR count). The molecule has 19 heavy (non-hydrogen) atoms. The number of aromatic nitrogens is 2. The first-order valence-electron chi connectivity index (χ1n) is 5.35. The molecule has 0 aliphatic rings. The normalized spacial score (nSPS) is 13.2. The Bertz CT molecular complexity index is 565. The van der Waals surface area contributed by atoms with Crippen LogP contribution in [0.25, 0.3) is 0 Å². The summed E-state index contributed by atoms with van der Waals surface area (Å²) in [5.74, 6) is 0.122. The Hall–Kier alpha value is -1.47. The van der Waals surface area contributed by atoms with Gasteiger partial charge in [-0.15, -0.1) is 0 Å². The van der Waals surface area contributed by atoms with E-state index in [1.165, 1.54) is 16.8 Å². The number of nitrogens with zero attached hydrogens (tertiary/aromatic N) is 2. The monoisotopic (exact) mass is 289 g/mol. The summed E-state index contributed by atoms with van der Waals surface area (Å²) in [5, 5.41) is 0. The maximum absolute atomic E-state index is 11.6. The third-order valence-electron chi connectivity index (χ3n) is 2.41. The zero-order chi connectivity index (χ0) is 14.6. The fraction of sp³-hybridized carbons (Fsp3) is 0.400. The Kier molecular flexibility index (Phi) is 5.02. The van der Waals surface area contributed by atoms with Gasteiger partial charge in [-0.3, -0.25) is 9.13 Å². The van der Waals surface area contributed by atoms with Crippen LogP contribution in [-0.2, 0) is 9.30 Å². The molecule has 0 aromatic carbocycles. The minimum atomic E-state index is -4.20. The highest BCUT2D eigenvalue weighted by Crippen LogP contribution is 2.34. The van der Waals surface area contributed by atoms with Crippen LogP contribution in [0.15, 0.2) is 29.2 Å². The highest BCUT2D eigenvalue weighted by molar-refractivity contribution is 7.51. The van der Waals surface area contributed by atoms with Gasteiger partial charge in [0.25, 0.3) is 0 Å². The molecule has 106 valence electrons. The lowest BCUT2D eigenvalue weighted by molar-refractivity contribution is 0.173. The number of rotatable bonds is 6. The van der Waals surface area contributed by atoms with Crippen molar-refractivity contribution in [2.45, 2.75) is 13.0 Å². The van der Waals surface area contributed by atoms with E-state index in [0.29, 0.717) is 5.57 Å². The minimum Gasteiger partial charge on any atom is -0.383 e. The zero-order valence-electron chi connectivity index (χ0n) is 10.4. The Morgan fingerprint density at radius 1 is 1.68 bits per heavy atom. The number of hydrogen-bond donors (Lipinski definition) is 3. The van der Waals surface area contributed by atoms with Crippen molar-refractivity contribution >= 4 is 13.4 Å². The number of hydrogen-bond acceptors (Lipinski definition) is 5. The summed E-state index contributed by atoms with van der Waals surface area (Å²) in [6, 6.07) is 1.05. The van der Waals surface area contributed by atoms with E-state index in [0.717, 1.165) is 0 Å². The predicted molar refractivity (Wildman–Crippen MR) is 69.6 cm³/mol. The second-order valence-electron chi connectivity index (χ2n) is 4.02. The van der Waals surface area contributed by atoms with Crippen LogP contribution in [0.5, 0.6) is 0 Å². The second kappa shape index (κ2) is 6.12. The predicted octanol–water partition coefficient (Wildman–Crippen LogP) is 0.0945. The first-order chi connectivity index (χ1) is 8.70. The van der Waals surface area contributed by atoms with Crippen LogP contribution in [-0.4, -0.2) is 32.3 Å². The van der Waals surface area contributed by atoms with E-state index in [4.69, 9.17) is 20.3 Å². The van der Waals surface area contributed by atoms with Gasteiger partial charge in [0, 0.05) is 6.20 Å². The molecule has 0 saturated carbocycles. The lowest BCUT2D eigenvalue weighted by Crippen LogP contribution is -2.27. The lowest BCUT2D eigenvalue weighted by Gasteiger charge is -2.17. The van der Waals surface area contributed by atoms with Crippen molar-refractivity contribution in [2.75, 3.05) is 18.7 Å². The lowest BCUT2D eigenvalue weighted by atomic mass is 10.1. The average Bonchev–Trinajstić information content (AvgIpc) is 2.26. The molecule has 4 N–H and O–H groups in total. The van der Waals surface area contributed by atoms with Crippen LogP contribution >= 0.6 is 7.60 Å². The highest BCUT2D eigenvalue weighted by Gasteiger charge is 2.15. The fourth-order valence-electron chi connectivity index (χ4n) is 1.33. The number of anilines is 1. The van der Waals surface area contributed by atoms with Crippen molar-refractivity contribution < 1.29 is 19.1 Å². The van der Waals surface area contributed by atoms with Gasteiger partial charge >= 0.3 is 13.3 Å². The Labute approximate surface area is 109 Å². The SMILES string of the molecule is C=C(COCP(=O)(O)O)C(C)n1ccc(N)nc1=O. The van der Waals surface area contributed by atoms with E-state index >= 15 is 0 Å². The van der Waals surface area contributed by atoms with Gasteiger partial charge in [0.1, 0.15) is 12.2 Å². The van der Waals surface area contributed by atoms with Crippen molar-refractivity contribution in [3.8, 4) is 0 Å². The summed E-state index contributed by atoms with van der Waals surface area (Å²) in [7, 11) is -4.20. The third-order valence-corrected chi connectivity index (χ3v) is 2.93. The van der Waals surface area contributed by atoms with Crippen LogP contribution in [0.2, 0.25) is 0 Å². The molecule has 0 radical (unpaired) electrons. The highest BCUT2D eigenvalue weighted by atomic mass is 31.2. The molecular weight excluding hydrogens is 273 g/mol. The van der Waals surface area contributed by atoms with Crippen LogP contribution < -0.4 is 11.4 Å². The van der Waals surface area contributed by atoms with Gasteiger partial charge in [-0.1, -0.05) is 6.58 Å². The maximum Gasteiger partial charge on any atom is 0.350 e. The van der Waals surface area contributed by atoms with Crippen LogP contribution in [0.1, 0.15) is 13.0 Å². The molecule has 0 saturated heterocycles. The molecule has 1 atom stereocenters. The molecule has 1 unspecified atom stereocenters. The van der Waals surface area contributed by atoms with Gasteiger partial charge in [0.05, 0.1) is 12.6 Å². The molecule has 8 nitrogen and oxygen atoms in total. The van der Waals surface area contributed by atoms with Crippen molar-refractivity contribution in [1.82, 2.24) is 9.55 Å². The number of nitrogen functional groups attached to an aromatic ring is 1. The molecule has 0 aliphatic heterocycles. The largest absolute Gasteiger partial charge is 0.383 e. The summed E-state index contributed by atoms with van der Waals surface area (Å²) in [6.45, 7) is 5.35. The third kappa shape index (κ3) is 4.96. The minimum absolute atomic E-state index is 0.0664. The van der Waals surface area contributed by atoms with Crippen LogP contribution in [0.4, 0.5) is 5.82 Å². The molecule has 0 aliphatic carbocycles. The van der Waals surface area contributed by atoms with Crippen molar-refractivity contribution in [3.05, 3.63) is 34.9 Å². The molecule has 0 amide bonds. The van der Waals surface area contributed by atoms with E-state index in [9.17, 15) is 9.36 Å². The van der Waals surface area contributed by atoms with Gasteiger partial charge in [-0.05, 0) is 18.6 Å². The molecule has 1 aromatic rings. The first kappa shape index (κ1) is 15.6. The standard InChI is InChI=1S/C10H16N3O5P/c1-7(5-18-6-19(15,16)17)8(2)13-4-3-9(11)12-10(13)14/h3-4,8H,1,5-6H2,2H3,(H2,11,12,14)(H2,15,16,17). The summed E-state index contributed by atoms with van der Waals surface area (Å²) in [4.78, 5) is 32.4. The molecule has 0 spiro atoms. The van der Waals surface area contributed by atoms with Gasteiger partial charge in [-0.25, -0.2) is 4.79 Å². The average molecular weight is 289 g/mol. The molecular formula is C10H16N3O5P. The zero-order valence-corrected chi connectivity index (χ0v) is 11.3. The van der Waals surface area contributed by atoms with E-state index in [-0.39, 0.29) is 12.4 Å². The smallest absolute Gasteiger partial charge is 0.350 e. The molecule has 9 heteroatoms. The fourth-order valence-corrected chi connectivity index (χ4v) is 1.66. The summed E-state index contributed by atoms with van der Waals surface area (Å²) >= 11 is 0. The van der Waals surface area contributed by atoms with E-state index < -0.39 is 25.7 Å². The molecule has 1 aromatic heterocycles. The number of ether oxygens (including phenoxy) is 1. The second-order valence-corrected chi connectivity index (χ2v) is 5.61. The summed E-state index contributed by atoms with van der Waals surface area (Å²) in [5.41, 5.74) is 5.34. The summed E-state index contributed by atoms with van der Waals surface area (Å²) < 4.78 is 16.8. The van der Waals surface area contributed by atoms with Gasteiger partial charge in [0.2, 0.25) is 0 Å². The van der Waals surface area contributed by atoms with Crippen molar-refractivity contribution in [3.63, 3.8) is 0 Å². The Balaban J connectivity index is 2.67. The van der Waals surface area contributed by atoms with Crippen LogP contribution in [0.3, 0.4) is 0 Å². The maximum atomic E-state index is 11.6. The molecule has 0 fully saturated rings. The topological polar surface area (TPSA) is 128 Å². The quantitative estimate of drug-likeness (QED) is 0.500. The van der Waals surface area contributed by atoms with Gasteiger partial charge < -0.3 is 20.3 Å². The van der Waals surface area contributed by atoms with Crippen molar-refractivity contribution in [2.24, 2.45) is 0 Å². The van der Waals surface area contributed by atoms with E-state index in [1.54, 1.807) is 6.92 Å². The summed E-state index contributed by atoms with van der Waals surface area (Å²) in [6.07, 6.45) is 0.789. The van der Waals surface area contributed by atoms with Gasteiger partial charge in [-0.2, -0.15) is 4.98 Å². The first-order valence-corrected chi connectivity index (χ1v) is 7.15. The Morgan fingerprint density at radius 2 is 2.32 bits per heavy atom. The molecule has 1 heterocycles. The van der Waals surface area contributed by atoms with Crippen LogP contribution in [0, 0.1) is 0 Å². The van der Waals surface area contributed by atoms with E-state index in [2.05, 4.69) is 11.6 Å². The molecule has 0 bridgehead atoms. The van der Waals surface area contributed by atoms with Gasteiger partial charge in [0.15, 0.2) is 0 Å². The Morgan fingerprint density at radius 3 is 2.84 bits per heavy atom. The number of nitrogens with two attached hydrogens (primary N) is 1.